The first kappa shape index (κ1) is 11.7. The Balaban J connectivity index is 1.88. The van der Waals surface area contributed by atoms with Crippen LogP contribution in [0.4, 0.5) is 0 Å². The van der Waals surface area contributed by atoms with Gasteiger partial charge in [0.25, 0.3) is 0 Å². The first-order valence-corrected chi connectivity index (χ1v) is 6.75. The van der Waals surface area contributed by atoms with E-state index in [0.717, 1.165) is 30.9 Å². The van der Waals surface area contributed by atoms with Crippen molar-refractivity contribution >= 4 is 5.96 Å². The van der Waals surface area contributed by atoms with E-state index in [4.69, 9.17) is 5.73 Å². The van der Waals surface area contributed by atoms with Crippen LogP contribution in [0.1, 0.15) is 46.0 Å². The number of nitrogens with zero attached hydrogens (tertiary/aromatic N) is 2. The predicted octanol–water partition coefficient (Wildman–Crippen LogP) is 2.22. The molecule has 1 aliphatic heterocycles. The van der Waals surface area contributed by atoms with E-state index >= 15 is 0 Å². The topological polar surface area (TPSA) is 41.6 Å². The highest BCUT2D eigenvalue weighted by atomic mass is 15.3. The van der Waals surface area contributed by atoms with Crippen molar-refractivity contribution in [3.63, 3.8) is 0 Å². The van der Waals surface area contributed by atoms with Crippen LogP contribution in [0, 0.1) is 11.8 Å². The fourth-order valence-electron chi connectivity index (χ4n) is 2.84. The zero-order valence-electron chi connectivity index (χ0n) is 10.7. The normalized spacial score (nSPS) is 28.3. The van der Waals surface area contributed by atoms with E-state index in [1.165, 1.54) is 32.1 Å². The number of rotatable bonds is 2. The maximum absolute atomic E-state index is 6.10. The van der Waals surface area contributed by atoms with Crippen molar-refractivity contribution in [2.75, 3.05) is 13.1 Å². The first-order chi connectivity index (χ1) is 7.66. The molecule has 2 fully saturated rings. The minimum atomic E-state index is 0.512. The maximum Gasteiger partial charge on any atom is 0.191 e. The standard InChI is InChI=1S/C13H25N3/c1-10(2)11-7-8-16(9-11)13(14)15-12-5-3-4-6-12/h10-12H,3-9H2,1-2H3,(H2,14,15). The smallest absolute Gasteiger partial charge is 0.191 e. The summed E-state index contributed by atoms with van der Waals surface area (Å²) in [5, 5.41) is 0. The number of hydrogen-bond donors (Lipinski definition) is 1. The van der Waals surface area contributed by atoms with Crippen molar-refractivity contribution in [2.45, 2.75) is 52.0 Å². The van der Waals surface area contributed by atoms with E-state index in [-0.39, 0.29) is 0 Å². The van der Waals surface area contributed by atoms with Gasteiger partial charge in [0.05, 0.1) is 6.04 Å². The molecule has 1 atom stereocenters. The van der Waals surface area contributed by atoms with Gasteiger partial charge in [0.2, 0.25) is 0 Å². The summed E-state index contributed by atoms with van der Waals surface area (Å²) in [5.74, 6) is 2.37. The summed E-state index contributed by atoms with van der Waals surface area (Å²) < 4.78 is 0. The van der Waals surface area contributed by atoms with E-state index in [9.17, 15) is 0 Å². The molecule has 2 aliphatic rings. The van der Waals surface area contributed by atoms with Crippen LogP contribution >= 0.6 is 0 Å². The summed E-state index contributed by atoms with van der Waals surface area (Å²) in [6.45, 7) is 6.82. The van der Waals surface area contributed by atoms with Crippen LogP contribution in [0.5, 0.6) is 0 Å². The van der Waals surface area contributed by atoms with Crippen LogP contribution in [0.3, 0.4) is 0 Å². The fourth-order valence-corrected chi connectivity index (χ4v) is 2.84. The summed E-state index contributed by atoms with van der Waals surface area (Å²) >= 11 is 0. The van der Waals surface area contributed by atoms with E-state index in [1.807, 2.05) is 0 Å². The zero-order valence-corrected chi connectivity index (χ0v) is 10.7. The Hall–Kier alpha value is -0.730. The summed E-state index contributed by atoms with van der Waals surface area (Å²) in [5.41, 5.74) is 6.10. The Morgan fingerprint density at radius 2 is 1.94 bits per heavy atom. The molecular weight excluding hydrogens is 198 g/mol. The lowest BCUT2D eigenvalue weighted by atomic mass is 9.95. The molecule has 1 heterocycles. The SMILES string of the molecule is CC(C)C1CCN(C(N)=NC2CCCC2)C1. The summed E-state index contributed by atoms with van der Waals surface area (Å²) in [4.78, 5) is 6.95. The van der Waals surface area contributed by atoms with Gasteiger partial charge in [-0.15, -0.1) is 0 Å². The molecule has 1 saturated heterocycles. The largest absolute Gasteiger partial charge is 0.370 e. The van der Waals surface area contributed by atoms with Gasteiger partial charge in [0.1, 0.15) is 0 Å². The summed E-state index contributed by atoms with van der Waals surface area (Å²) in [6, 6.07) is 0.512. The highest BCUT2D eigenvalue weighted by Crippen LogP contribution is 2.25. The Morgan fingerprint density at radius 3 is 2.50 bits per heavy atom. The van der Waals surface area contributed by atoms with E-state index in [2.05, 4.69) is 23.7 Å². The molecule has 2 N–H and O–H groups in total. The molecule has 2 rings (SSSR count). The van der Waals surface area contributed by atoms with Gasteiger partial charge in [0.15, 0.2) is 5.96 Å². The number of guanidine groups is 1. The molecule has 3 nitrogen and oxygen atoms in total. The molecule has 1 unspecified atom stereocenters. The fraction of sp³-hybridized carbons (Fsp3) is 0.923. The Kier molecular flexibility index (Phi) is 3.72. The molecule has 0 aromatic carbocycles. The quantitative estimate of drug-likeness (QED) is 0.576. The Morgan fingerprint density at radius 1 is 1.25 bits per heavy atom. The Bertz CT molecular complexity index is 254. The average molecular weight is 223 g/mol. The molecule has 0 radical (unpaired) electrons. The van der Waals surface area contributed by atoms with Crippen molar-refractivity contribution in [2.24, 2.45) is 22.6 Å². The van der Waals surface area contributed by atoms with Crippen molar-refractivity contribution in [1.82, 2.24) is 4.90 Å². The monoisotopic (exact) mass is 223 g/mol. The molecule has 3 heteroatoms. The molecule has 0 aromatic rings. The van der Waals surface area contributed by atoms with Crippen LogP contribution in [0.15, 0.2) is 4.99 Å². The molecule has 1 saturated carbocycles. The molecular formula is C13H25N3. The third-order valence-electron chi connectivity index (χ3n) is 4.13. The third-order valence-corrected chi connectivity index (χ3v) is 4.13. The van der Waals surface area contributed by atoms with Gasteiger partial charge in [-0.2, -0.15) is 0 Å². The Labute approximate surface area is 99.1 Å². The summed E-state index contributed by atoms with van der Waals surface area (Å²) in [7, 11) is 0. The van der Waals surface area contributed by atoms with Crippen LogP contribution < -0.4 is 5.73 Å². The zero-order chi connectivity index (χ0) is 11.5. The molecule has 0 amide bonds. The van der Waals surface area contributed by atoms with Gasteiger partial charge >= 0.3 is 0 Å². The molecule has 92 valence electrons. The minimum absolute atomic E-state index is 0.512. The van der Waals surface area contributed by atoms with Gasteiger partial charge in [0, 0.05) is 13.1 Å². The van der Waals surface area contributed by atoms with E-state index in [0.29, 0.717) is 6.04 Å². The first-order valence-electron chi connectivity index (χ1n) is 6.75. The van der Waals surface area contributed by atoms with Crippen molar-refractivity contribution in [1.29, 1.82) is 0 Å². The minimum Gasteiger partial charge on any atom is -0.370 e. The lowest BCUT2D eigenvalue weighted by molar-refractivity contribution is 0.386. The second-order valence-electron chi connectivity index (χ2n) is 5.66. The number of nitrogens with two attached hydrogens (primary N) is 1. The van der Waals surface area contributed by atoms with E-state index < -0.39 is 0 Å². The van der Waals surface area contributed by atoms with Gasteiger partial charge in [-0.1, -0.05) is 26.7 Å². The summed E-state index contributed by atoms with van der Waals surface area (Å²) in [6.07, 6.45) is 6.41. The van der Waals surface area contributed by atoms with Crippen molar-refractivity contribution < 1.29 is 0 Å². The lowest BCUT2D eigenvalue weighted by Crippen LogP contribution is -2.36. The molecule has 0 bridgehead atoms. The van der Waals surface area contributed by atoms with Gasteiger partial charge in [-0.3, -0.25) is 0 Å². The van der Waals surface area contributed by atoms with Gasteiger partial charge in [-0.05, 0) is 31.1 Å². The third kappa shape index (κ3) is 2.69. The van der Waals surface area contributed by atoms with E-state index in [1.54, 1.807) is 0 Å². The lowest BCUT2D eigenvalue weighted by Gasteiger charge is -2.20. The van der Waals surface area contributed by atoms with Crippen LogP contribution in [-0.2, 0) is 0 Å². The van der Waals surface area contributed by atoms with Crippen molar-refractivity contribution in [3.05, 3.63) is 0 Å². The molecule has 0 aromatic heterocycles. The second-order valence-corrected chi connectivity index (χ2v) is 5.66. The van der Waals surface area contributed by atoms with Gasteiger partial charge < -0.3 is 10.6 Å². The van der Waals surface area contributed by atoms with Crippen LogP contribution in [0.25, 0.3) is 0 Å². The number of hydrogen-bond acceptors (Lipinski definition) is 1. The van der Waals surface area contributed by atoms with Crippen LogP contribution in [-0.4, -0.2) is 30.0 Å². The van der Waals surface area contributed by atoms with Gasteiger partial charge in [-0.25, -0.2) is 4.99 Å². The highest BCUT2D eigenvalue weighted by Gasteiger charge is 2.26. The molecule has 1 aliphatic carbocycles. The highest BCUT2D eigenvalue weighted by molar-refractivity contribution is 5.78. The maximum atomic E-state index is 6.10. The van der Waals surface area contributed by atoms with Crippen LogP contribution in [0.2, 0.25) is 0 Å². The number of aliphatic imine (C=N–C) groups is 1. The average Bonchev–Trinajstić information content (AvgIpc) is 2.86. The second kappa shape index (κ2) is 5.07. The number of likely N-dealkylation sites (tertiary alicyclic amines) is 1. The molecule has 16 heavy (non-hydrogen) atoms. The predicted molar refractivity (Wildman–Crippen MR) is 68.4 cm³/mol. The van der Waals surface area contributed by atoms with Crippen molar-refractivity contribution in [3.8, 4) is 0 Å². The molecule has 0 spiro atoms.